The van der Waals surface area contributed by atoms with Crippen LogP contribution in [0.4, 0.5) is 4.39 Å². The normalized spacial score (nSPS) is 14.1. The zero-order valence-electron chi connectivity index (χ0n) is 15.2. The monoisotopic (exact) mass is 395 g/mol. The Hall–Kier alpha value is -3.88. The Kier molecular flexibility index (Phi) is 4.63. The number of benzene rings is 2. The molecule has 2 amide bonds. The van der Waals surface area contributed by atoms with Gasteiger partial charge in [-0.05, 0) is 43.3 Å². The van der Waals surface area contributed by atoms with E-state index in [-0.39, 0.29) is 22.9 Å². The van der Waals surface area contributed by atoms with Crippen molar-refractivity contribution in [1.29, 1.82) is 0 Å². The molecule has 3 aromatic rings. The second-order valence-corrected chi connectivity index (χ2v) is 6.33. The number of carbonyl (C=O) groups is 3. The van der Waals surface area contributed by atoms with Gasteiger partial charge in [0, 0.05) is 5.56 Å². The van der Waals surface area contributed by atoms with Gasteiger partial charge in [-0.15, -0.1) is 10.2 Å². The van der Waals surface area contributed by atoms with Crippen LogP contribution in [0.25, 0.3) is 11.5 Å². The first-order valence-electron chi connectivity index (χ1n) is 8.68. The van der Waals surface area contributed by atoms with Crippen molar-refractivity contribution in [2.75, 3.05) is 6.54 Å². The van der Waals surface area contributed by atoms with Gasteiger partial charge in [-0.25, -0.2) is 4.39 Å². The highest BCUT2D eigenvalue weighted by Crippen LogP contribution is 2.24. The molecular weight excluding hydrogens is 381 g/mol. The quantitative estimate of drug-likeness (QED) is 0.483. The van der Waals surface area contributed by atoms with E-state index in [1.807, 2.05) is 0 Å². The molecule has 0 unspecified atom stereocenters. The molecule has 9 heteroatoms. The van der Waals surface area contributed by atoms with Crippen molar-refractivity contribution >= 4 is 17.8 Å². The molecule has 2 aromatic carbocycles. The number of halogens is 1. The maximum atomic E-state index is 13.0. The van der Waals surface area contributed by atoms with Gasteiger partial charge in [-0.3, -0.25) is 19.3 Å². The average molecular weight is 395 g/mol. The number of rotatable bonds is 5. The van der Waals surface area contributed by atoms with Crippen LogP contribution >= 0.6 is 0 Å². The van der Waals surface area contributed by atoms with Crippen LogP contribution in [0.15, 0.2) is 52.9 Å². The molecule has 0 radical (unpaired) electrons. The molecule has 0 N–H and O–H groups in total. The van der Waals surface area contributed by atoms with Crippen LogP contribution in [0, 0.1) is 5.82 Å². The highest BCUT2D eigenvalue weighted by Gasteiger charge is 2.37. The van der Waals surface area contributed by atoms with Crippen molar-refractivity contribution in [3.05, 3.63) is 71.4 Å². The number of aromatic nitrogens is 2. The lowest BCUT2D eigenvalue weighted by molar-refractivity contribution is -0.149. The SMILES string of the molecule is C[C@@H](OC(=O)CN1C(=O)c2ccccc2C1=O)c1nnc(-c2ccc(F)cc2)o1. The van der Waals surface area contributed by atoms with Crippen molar-refractivity contribution in [1.82, 2.24) is 15.1 Å². The van der Waals surface area contributed by atoms with Gasteiger partial charge in [0.15, 0.2) is 6.10 Å². The zero-order valence-corrected chi connectivity index (χ0v) is 15.2. The van der Waals surface area contributed by atoms with Crippen molar-refractivity contribution in [3.8, 4) is 11.5 Å². The van der Waals surface area contributed by atoms with E-state index in [2.05, 4.69) is 10.2 Å². The van der Waals surface area contributed by atoms with Crippen LogP contribution in [0.2, 0.25) is 0 Å². The molecule has 1 aromatic heterocycles. The minimum atomic E-state index is -0.903. The highest BCUT2D eigenvalue weighted by atomic mass is 19.1. The molecule has 1 atom stereocenters. The van der Waals surface area contributed by atoms with Crippen molar-refractivity contribution < 1.29 is 27.9 Å². The Morgan fingerprint density at radius 3 is 2.31 bits per heavy atom. The number of amides is 2. The smallest absolute Gasteiger partial charge is 0.326 e. The summed E-state index contributed by atoms with van der Waals surface area (Å²) in [6.07, 6.45) is -0.903. The van der Waals surface area contributed by atoms with Crippen LogP contribution in [0.3, 0.4) is 0 Å². The van der Waals surface area contributed by atoms with Crippen LogP contribution in [-0.2, 0) is 9.53 Å². The van der Waals surface area contributed by atoms with E-state index < -0.39 is 36.2 Å². The summed E-state index contributed by atoms with van der Waals surface area (Å²) >= 11 is 0. The lowest BCUT2D eigenvalue weighted by atomic mass is 10.1. The summed E-state index contributed by atoms with van der Waals surface area (Å²) in [5.74, 6) is -2.13. The number of fused-ring (bicyclic) bond motifs is 1. The van der Waals surface area contributed by atoms with Gasteiger partial charge in [-0.1, -0.05) is 12.1 Å². The molecule has 1 aliphatic rings. The summed E-state index contributed by atoms with van der Waals surface area (Å²) in [4.78, 5) is 37.7. The van der Waals surface area contributed by atoms with Crippen molar-refractivity contribution in [2.24, 2.45) is 0 Å². The van der Waals surface area contributed by atoms with E-state index in [4.69, 9.17) is 9.15 Å². The molecule has 0 saturated carbocycles. The molecule has 0 aliphatic carbocycles. The fourth-order valence-electron chi connectivity index (χ4n) is 2.90. The van der Waals surface area contributed by atoms with E-state index >= 15 is 0 Å². The first-order valence-corrected chi connectivity index (χ1v) is 8.68. The van der Waals surface area contributed by atoms with Gasteiger partial charge in [0.25, 0.3) is 17.7 Å². The summed E-state index contributed by atoms with van der Waals surface area (Å²) in [6.45, 7) is 0.984. The van der Waals surface area contributed by atoms with Crippen LogP contribution in [0.5, 0.6) is 0 Å². The summed E-state index contributed by atoms with van der Waals surface area (Å²) < 4.78 is 23.7. The van der Waals surface area contributed by atoms with Crippen LogP contribution in [-0.4, -0.2) is 39.4 Å². The third-order valence-corrected chi connectivity index (χ3v) is 4.35. The van der Waals surface area contributed by atoms with Gasteiger partial charge in [0.05, 0.1) is 11.1 Å². The number of nitrogens with zero attached hydrogens (tertiary/aromatic N) is 3. The van der Waals surface area contributed by atoms with Crippen LogP contribution < -0.4 is 0 Å². The summed E-state index contributed by atoms with van der Waals surface area (Å²) in [7, 11) is 0. The first kappa shape index (κ1) is 18.5. The Bertz CT molecular complexity index is 1070. The van der Waals surface area contributed by atoms with Crippen LogP contribution in [0.1, 0.15) is 39.6 Å². The van der Waals surface area contributed by atoms with E-state index in [1.165, 1.54) is 43.3 Å². The molecular formula is C20H14FN3O5. The summed E-state index contributed by atoms with van der Waals surface area (Å²) in [5, 5.41) is 7.68. The number of carbonyl (C=O) groups excluding carboxylic acids is 3. The number of hydrogen-bond acceptors (Lipinski definition) is 7. The maximum Gasteiger partial charge on any atom is 0.326 e. The number of imide groups is 1. The molecule has 1 aliphatic heterocycles. The summed E-state index contributed by atoms with van der Waals surface area (Å²) in [5.41, 5.74) is 1.01. The maximum absolute atomic E-state index is 13.0. The molecule has 29 heavy (non-hydrogen) atoms. The lowest BCUT2D eigenvalue weighted by Crippen LogP contribution is -2.36. The Balaban J connectivity index is 1.41. The first-order chi connectivity index (χ1) is 13.9. The van der Waals surface area contributed by atoms with Crippen molar-refractivity contribution in [2.45, 2.75) is 13.0 Å². The summed E-state index contributed by atoms with van der Waals surface area (Å²) in [6, 6.07) is 11.8. The number of esters is 1. The van der Waals surface area contributed by atoms with Gasteiger partial charge < -0.3 is 9.15 Å². The van der Waals surface area contributed by atoms with Gasteiger partial charge in [0.2, 0.25) is 5.89 Å². The average Bonchev–Trinajstić information content (AvgIpc) is 3.29. The second kappa shape index (κ2) is 7.27. The molecule has 0 spiro atoms. The highest BCUT2D eigenvalue weighted by molar-refractivity contribution is 6.22. The van der Waals surface area contributed by atoms with Gasteiger partial charge >= 0.3 is 5.97 Å². The number of ether oxygens (including phenoxy) is 1. The molecule has 0 saturated heterocycles. The van der Waals surface area contributed by atoms with E-state index in [9.17, 15) is 18.8 Å². The topological polar surface area (TPSA) is 103 Å². The minimum absolute atomic E-state index is 0.0278. The van der Waals surface area contributed by atoms with E-state index in [0.717, 1.165) is 4.90 Å². The number of hydrogen-bond donors (Lipinski definition) is 0. The van der Waals surface area contributed by atoms with Gasteiger partial charge in [-0.2, -0.15) is 0 Å². The lowest BCUT2D eigenvalue weighted by Gasteiger charge is -2.15. The Labute approximate surface area is 163 Å². The standard InChI is InChI=1S/C20H14FN3O5/c1-11(17-22-23-18(29-17)12-6-8-13(21)9-7-12)28-16(25)10-24-19(26)14-4-2-3-5-15(14)20(24)27/h2-9,11H,10H2,1H3/t11-/m1/s1. The Morgan fingerprint density at radius 2 is 1.69 bits per heavy atom. The molecule has 8 nitrogen and oxygen atoms in total. The van der Waals surface area contributed by atoms with Gasteiger partial charge in [0.1, 0.15) is 12.4 Å². The fraction of sp³-hybridized carbons (Fsp3) is 0.150. The van der Waals surface area contributed by atoms with E-state index in [0.29, 0.717) is 5.56 Å². The minimum Gasteiger partial charge on any atom is -0.451 e. The molecule has 2 heterocycles. The largest absolute Gasteiger partial charge is 0.451 e. The predicted octanol–water partition coefficient (Wildman–Crippen LogP) is 2.78. The predicted molar refractivity (Wildman–Crippen MR) is 96.0 cm³/mol. The fourth-order valence-corrected chi connectivity index (χ4v) is 2.90. The third-order valence-electron chi connectivity index (χ3n) is 4.35. The molecule has 0 bridgehead atoms. The Morgan fingerprint density at radius 1 is 1.07 bits per heavy atom. The molecule has 0 fully saturated rings. The van der Waals surface area contributed by atoms with E-state index in [1.54, 1.807) is 12.1 Å². The third kappa shape index (κ3) is 3.49. The second-order valence-electron chi connectivity index (χ2n) is 6.33. The molecule has 146 valence electrons. The van der Waals surface area contributed by atoms with Crippen molar-refractivity contribution in [3.63, 3.8) is 0 Å². The molecule has 4 rings (SSSR count). The zero-order chi connectivity index (χ0) is 20.5.